The summed E-state index contributed by atoms with van der Waals surface area (Å²) in [6.45, 7) is -0.0730. The summed E-state index contributed by atoms with van der Waals surface area (Å²) in [6, 6.07) is 14.0. The number of nitrogens with zero attached hydrogens (tertiary/aromatic N) is 2. The van der Waals surface area contributed by atoms with Gasteiger partial charge in [0.05, 0.1) is 5.03 Å². The van der Waals surface area contributed by atoms with E-state index in [0.29, 0.717) is 16.3 Å². The lowest BCUT2D eigenvalue weighted by Gasteiger charge is -2.23. The first-order valence-electron chi connectivity index (χ1n) is 6.90. The van der Waals surface area contributed by atoms with Crippen molar-refractivity contribution in [2.75, 3.05) is 12.3 Å². The molecule has 0 saturated heterocycles. The summed E-state index contributed by atoms with van der Waals surface area (Å²) in [6.07, 6.45) is -3.25. The first kappa shape index (κ1) is 17.3. The molecule has 1 aromatic carbocycles. The molecular formula is C16H15F3N2OS. The molecule has 0 fully saturated rings. The van der Waals surface area contributed by atoms with Gasteiger partial charge in [-0.2, -0.15) is 13.2 Å². The van der Waals surface area contributed by atoms with Gasteiger partial charge in [-0.25, -0.2) is 4.98 Å². The van der Waals surface area contributed by atoms with E-state index < -0.39 is 12.1 Å². The number of amides is 1. The number of rotatable bonds is 6. The van der Waals surface area contributed by atoms with Crippen LogP contribution in [0, 0.1) is 0 Å². The van der Waals surface area contributed by atoms with Crippen molar-refractivity contribution < 1.29 is 18.0 Å². The lowest BCUT2D eigenvalue weighted by atomic mass is 10.2. The van der Waals surface area contributed by atoms with E-state index in [9.17, 15) is 18.0 Å². The van der Waals surface area contributed by atoms with Gasteiger partial charge >= 0.3 is 12.1 Å². The molecule has 3 nitrogen and oxygen atoms in total. The predicted molar refractivity (Wildman–Crippen MR) is 82.9 cm³/mol. The Kier molecular flexibility index (Phi) is 6.04. The van der Waals surface area contributed by atoms with Crippen LogP contribution in [0.5, 0.6) is 0 Å². The van der Waals surface area contributed by atoms with Crippen LogP contribution in [-0.4, -0.2) is 34.3 Å². The topological polar surface area (TPSA) is 33.2 Å². The molecule has 0 aliphatic carbocycles. The number of alkyl halides is 3. The second kappa shape index (κ2) is 8.01. The smallest absolute Gasteiger partial charge is 0.330 e. The van der Waals surface area contributed by atoms with Crippen LogP contribution < -0.4 is 0 Å². The van der Waals surface area contributed by atoms with E-state index in [1.807, 2.05) is 0 Å². The molecule has 23 heavy (non-hydrogen) atoms. The SMILES string of the molecule is O=C(N(CCSc1ccccn1)Cc1ccccc1)C(F)(F)F. The molecular weight excluding hydrogens is 325 g/mol. The van der Waals surface area contributed by atoms with E-state index in [4.69, 9.17) is 0 Å². The van der Waals surface area contributed by atoms with E-state index in [0.717, 1.165) is 4.90 Å². The zero-order valence-corrected chi connectivity index (χ0v) is 13.0. The standard InChI is InChI=1S/C16H15F3N2OS/c17-16(18,19)15(22)21(12-13-6-2-1-3-7-13)10-11-23-14-8-4-5-9-20-14/h1-9H,10-12H2. The molecule has 0 spiro atoms. The molecule has 7 heteroatoms. The number of benzene rings is 1. The van der Waals surface area contributed by atoms with Crippen molar-refractivity contribution in [1.29, 1.82) is 0 Å². The summed E-state index contributed by atoms with van der Waals surface area (Å²) in [7, 11) is 0. The third-order valence-corrected chi connectivity index (χ3v) is 3.92. The number of carbonyl (C=O) groups is 1. The second-order valence-electron chi connectivity index (χ2n) is 4.73. The normalized spacial score (nSPS) is 11.3. The number of carbonyl (C=O) groups excluding carboxylic acids is 1. The van der Waals surface area contributed by atoms with Crippen molar-refractivity contribution in [3.05, 3.63) is 60.3 Å². The third-order valence-electron chi connectivity index (χ3n) is 2.99. The maximum atomic E-state index is 12.7. The van der Waals surface area contributed by atoms with Gasteiger partial charge in [-0.3, -0.25) is 4.79 Å². The van der Waals surface area contributed by atoms with E-state index in [-0.39, 0.29) is 13.1 Å². The van der Waals surface area contributed by atoms with Gasteiger partial charge in [0, 0.05) is 25.0 Å². The molecule has 1 heterocycles. The Balaban J connectivity index is 2.00. The molecule has 2 rings (SSSR count). The zero-order chi connectivity index (χ0) is 16.7. The summed E-state index contributed by atoms with van der Waals surface area (Å²) < 4.78 is 38.2. The van der Waals surface area contributed by atoms with Gasteiger partial charge in [-0.05, 0) is 17.7 Å². The molecule has 0 bridgehead atoms. The number of thioether (sulfide) groups is 1. The van der Waals surface area contributed by atoms with Crippen molar-refractivity contribution in [3.63, 3.8) is 0 Å². The van der Waals surface area contributed by atoms with Gasteiger partial charge in [0.25, 0.3) is 0 Å². The second-order valence-corrected chi connectivity index (χ2v) is 5.84. The Labute approximate surface area is 136 Å². The summed E-state index contributed by atoms with van der Waals surface area (Å²) in [5.74, 6) is -1.48. The zero-order valence-electron chi connectivity index (χ0n) is 12.2. The van der Waals surface area contributed by atoms with Crippen LogP contribution in [0.2, 0.25) is 0 Å². The number of hydrogen-bond acceptors (Lipinski definition) is 3. The molecule has 0 atom stereocenters. The minimum absolute atomic E-state index is 0.00548. The lowest BCUT2D eigenvalue weighted by molar-refractivity contribution is -0.185. The van der Waals surface area contributed by atoms with E-state index >= 15 is 0 Å². The van der Waals surface area contributed by atoms with Crippen LogP contribution >= 0.6 is 11.8 Å². The summed E-state index contributed by atoms with van der Waals surface area (Å²) in [5.41, 5.74) is 0.660. The molecule has 122 valence electrons. The molecule has 1 aromatic heterocycles. The maximum Gasteiger partial charge on any atom is 0.471 e. The van der Waals surface area contributed by atoms with Crippen molar-refractivity contribution in [2.24, 2.45) is 0 Å². The number of pyridine rings is 1. The van der Waals surface area contributed by atoms with E-state index in [1.165, 1.54) is 11.8 Å². The van der Waals surface area contributed by atoms with Gasteiger partial charge in [-0.15, -0.1) is 11.8 Å². The highest BCUT2D eigenvalue weighted by Crippen LogP contribution is 2.21. The van der Waals surface area contributed by atoms with Crippen LogP contribution in [0.1, 0.15) is 5.56 Å². The molecule has 1 amide bonds. The number of aromatic nitrogens is 1. The Morgan fingerprint density at radius 1 is 1.09 bits per heavy atom. The Hall–Kier alpha value is -2.02. The highest BCUT2D eigenvalue weighted by Gasteiger charge is 2.42. The average molecular weight is 340 g/mol. The fourth-order valence-corrected chi connectivity index (χ4v) is 2.76. The van der Waals surface area contributed by atoms with Gasteiger partial charge in [0.2, 0.25) is 0 Å². The van der Waals surface area contributed by atoms with Crippen LogP contribution in [0.4, 0.5) is 13.2 Å². The predicted octanol–water partition coefficient (Wildman–Crippen LogP) is 3.76. The van der Waals surface area contributed by atoms with Gasteiger partial charge in [0.1, 0.15) is 0 Å². The summed E-state index contributed by atoms with van der Waals surface area (Å²) in [4.78, 5) is 16.5. The minimum Gasteiger partial charge on any atom is -0.330 e. The summed E-state index contributed by atoms with van der Waals surface area (Å²) in [5, 5.41) is 0.714. The van der Waals surface area contributed by atoms with Gasteiger partial charge in [0.15, 0.2) is 0 Å². The number of hydrogen-bond donors (Lipinski definition) is 0. The fourth-order valence-electron chi connectivity index (χ4n) is 1.93. The first-order valence-corrected chi connectivity index (χ1v) is 7.89. The molecule has 0 radical (unpaired) electrons. The van der Waals surface area contributed by atoms with Crippen molar-refractivity contribution in [3.8, 4) is 0 Å². The van der Waals surface area contributed by atoms with Gasteiger partial charge < -0.3 is 4.90 Å². The molecule has 0 aliphatic rings. The third kappa shape index (κ3) is 5.59. The van der Waals surface area contributed by atoms with Gasteiger partial charge in [-0.1, -0.05) is 36.4 Å². The average Bonchev–Trinajstić information content (AvgIpc) is 2.54. The van der Waals surface area contributed by atoms with Crippen LogP contribution in [0.25, 0.3) is 0 Å². The quantitative estimate of drug-likeness (QED) is 0.751. The molecule has 0 aliphatic heterocycles. The van der Waals surface area contributed by atoms with Crippen molar-refractivity contribution in [1.82, 2.24) is 9.88 Å². The largest absolute Gasteiger partial charge is 0.471 e. The molecule has 0 saturated carbocycles. The lowest BCUT2D eigenvalue weighted by Crippen LogP contribution is -2.41. The molecule has 2 aromatic rings. The summed E-state index contributed by atoms with van der Waals surface area (Å²) >= 11 is 1.32. The van der Waals surface area contributed by atoms with Crippen LogP contribution in [0.15, 0.2) is 59.8 Å². The van der Waals surface area contributed by atoms with Crippen molar-refractivity contribution >= 4 is 17.7 Å². The van der Waals surface area contributed by atoms with E-state index in [2.05, 4.69) is 4.98 Å². The molecule has 0 unspecified atom stereocenters. The minimum atomic E-state index is -4.87. The molecule has 0 N–H and O–H groups in total. The Morgan fingerprint density at radius 3 is 2.39 bits per heavy atom. The van der Waals surface area contributed by atoms with Crippen LogP contribution in [0.3, 0.4) is 0 Å². The van der Waals surface area contributed by atoms with E-state index in [1.54, 1.807) is 54.7 Å². The Bertz CT molecular complexity index is 620. The Morgan fingerprint density at radius 2 is 1.78 bits per heavy atom. The fraction of sp³-hybridized carbons (Fsp3) is 0.250. The highest BCUT2D eigenvalue weighted by atomic mass is 32.2. The number of halogens is 3. The van der Waals surface area contributed by atoms with Crippen LogP contribution in [-0.2, 0) is 11.3 Å². The van der Waals surface area contributed by atoms with Crippen molar-refractivity contribution in [2.45, 2.75) is 17.7 Å². The maximum absolute atomic E-state index is 12.7. The first-order chi connectivity index (χ1) is 11.0. The highest BCUT2D eigenvalue weighted by molar-refractivity contribution is 7.99. The monoisotopic (exact) mass is 340 g/mol.